The summed E-state index contributed by atoms with van der Waals surface area (Å²) >= 11 is 0. The van der Waals surface area contributed by atoms with Gasteiger partial charge in [-0.3, -0.25) is 0 Å². The van der Waals surface area contributed by atoms with Crippen molar-refractivity contribution in [2.45, 2.75) is 37.2 Å². The van der Waals surface area contributed by atoms with E-state index in [1.807, 2.05) is 6.07 Å². The second kappa shape index (κ2) is 3.65. The lowest BCUT2D eigenvalue weighted by molar-refractivity contribution is 0.0625. The molecule has 0 radical (unpaired) electrons. The summed E-state index contributed by atoms with van der Waals surface area (Å²) in [5.74, 6) is 2.05. The summed E-state index contributed by atoms with van der Waals surface area (Å²) in [6.07, 6.45) is 2.32. The van der Waals surface area contributed by atoms with Crippen LogP contribution in [0.2, 0.25) is 0 Å². The quantitative estimate of drug-likeness (QED) is 0.875. The first-order valence-electron chi connectivity index (χ1n) is 6.40. The number of aromatic nitrogens is 2. The molecule has 18 heavy (non-hydrogen) atoms. The largest absolute Gasteiger partial charge is 0.393 e. The zero-order chi connectivity index (χ0) is 12.1. The molecule has 1 heterocycles. The molecule has 0 aliphatic heterocycles. The molecule has 1 aromatic carbocycles. The molecule has 2 aliphatic rings. The van der Waals surface area contributed by atoms with E-state index in [0.717, 1.165) is 25.1 Å². The third-order valence-corrected chi connectivity index (χ3v) is 4.09. The molecule has 1 fully saturated rings. The molecule has 1 atom stereocenters. The normalized spacial score (nSPS) is 29.3. The van der Waals surface area contributed by atoms with Gasteiger partial charge >= 0.3 is 0 Å². The van der Waals surface area contributed by atoms with Crippen LogP contribution >= 0.6 is 0 Å². The lowest BCUT2D eigenvalue weighted by Crippen LogP contribution is -2.26. The molecule has 0 spiro atoms. The topological polar surface area (TPSA) is 59.2 Å². The average molecular weight is 242 g/mol. The zero-order valence-corrected chi connectivity index (χ0v) is 9.91. The SMILES string of the molecule is OC1CC(c2nc(C3Cc4ccccc43)no2)C1. The Morgan fingerprint density at radius 1 is 1.22 bits per heavy atom. The standard InChI is InChI=1S/C14H14N2O2/c17-10-5-9(6-10)14-15-13(16-18-14)12-7-8-3-1-2-4-11(8)12/h1-4,9-10,12,17H,5-7H2. The van der Waals surface area contributed by atoms with Gasteiger partial charge in [0.15, 0.2) is 5.82 Å². The van der Waals surface area contributed by atoms with Crippen LogP contribution in [-0.4, -0.2) is 21.4 Å². The molecule has 4 nitrogen and oxygen atoms in total. The van der Waals surface area contributed by atoms with Crippen molar-refractivity contribution in [3.05, 3.63) is 47.1 Å². The van der Waals surface area contributed by atoms with Crippen molar-refractivity contribution in [2.24, 2.45) is 0 Å². The van der Waals surface area contributed by atoms with E-state index in [4.69, 9.17) is 4.52 Å². The summed E-state index contributed by atoms with van der Waals surface area (Å²) in [5.41, 5.74) is 2.70. The van der Waals surface area contributed by atoms with Crippen LogP contribution < -0.4 is 0 Å². The predicted molar refractivity (Wildman–Crippen MR) is 64.3 cm³/mol. The maximum Gasteiger partial charge on any atom is 0.229 e. The smallest absolute Gasteiger partial charge is 0.229 e. The van der Waals surface area contributed by atoms with Gasteiger partial charge < -0.3 is 9.63 Å². The van der Waals surface area contributed by atoms with Gasteiger partial charge in [0, 0.05) is 5.92 Å². The molecule has 4 rings (SSSR count). The van der Waals surface area contributed by atoms with Crippen LogP contribution in [0.1, 0.15) is 47.5 Å². The molecule has 2 aliphatic carbocycles. The van der Waals surface area contributed by atoms with E-state index in [0.29, 0.717) is 11.8 Å². The van der Waals surface area contributed by atoms with Gasteiger partial charge in [-0.25, -0.2) is 0 Å². The second-order valence-electron chi connectivity index (χ2n) is 5.27. The van der Waals surface area contributed by atoms with Crippen molar-refractivity contribution in [1.29, 1.82) is 0 Å². The van der Waals surface area contributed by atoms with Crippen molar-refractivity contribution < 1.29 is 9.63 Å². The van der Waals surface area contributed by atoms with Gasteiger partial charge in [0.1, 0.15) is 0 Å². The van der Waals surface area contributed by atoms with Crippen molar-refractivity contribution in [2.75, 3.05) is 0 Å². The molecule has 0 bridgehead atoms. The predicted octanol–water partition coefficient (Wildman–Crippen LogP) is 2.00. The Morgan fingerprint density at radius 3 is 2.83 bits per heavy atom. The molecule has 92 valence electrons. The summed E-state index contributed by atoms with van der Waals surface area (Å²) in [6.45, 7) is 0. The number of hydrogen-bond donors (Lipinski definition) is 1. The van der Waals surface area contributed by atoms with Gasteiger partial charge in [-0.15, -0.1) is 0 Å². The van der Waals surface area contributed by atoms with Crippen LogP contribution in [-0.2, 0) is 6.42 Å². The maximum atomic E-state index is 9.29. The van der Waals surface area contributed by atoms with Crippen molar-refractivity contribution in [1.82, 2.24) is 10.1 Å². The summed E-state index contributed by atoms with van der Waals surface area (Å²) in [4.78, 5) is 4.50. The average Bonchev–Trinajstić information content (AvgIpc) is 2.75. The van der Waals surface area contributed by atoms with Crippen LogP contribution in [0.3, 0.4) is 0 Å². The van der Waals surface area contributed by atoms with Gasteiger partial charge in [-0.2, -0.15) is 4.98 Å². The number of fused-ring (bicyclic) bond motifs is 1. The summed E-state index contributed by atoms with van der Waals surface area (Å²) in [7, 11) is 0. The zero-order valence-electron chi connectivity index (χ0n) is 9.91. The molecule has 4 heteroatoms. The van der Waals surface area contributed by atoms with Gasteiger partial charge in [0.05, 0.1) is 12.0 Å². The Hall–Kier alpha value is -1.68. The first-order chi connectivity index (χ1) is 8.81. The van der Waals surface area contributed by atoms with Gasteiger partial charge in [-0.05, 0) is 30.4 Å². The minimum absolute atomic E-state index is 0.185. The van der Waals surface area contributed by atoms with E-state index in [1.165, 1.54) is 11.1 Å². The fraction of sp³-hybridized carbons (Fsp3) is 0.429. The number of aliphatic hydroxyl groups is 1. The number of aliphatic hydroxyl groups excluding tert-OH is 1. The van der Waals surface area contributed by atoms with E-state index < -0.39 is 0 Å². The van der Waals surface area contributed by atoms with E-state index in [-0.39, 0.29) is 12.0 Å². The van der Waals surface area contributed by atoms with Crippen LogP contribution in [0, 0.1) is 0 Å². The van der Waals surface area contributed by atoms with E-state index in [9.17, 15) is 5.11 Å². The minimum atomic E-state index is -0.185. The highest BCUT2D eigenvalue weighted by Crippen LogP contribution is 2.40. The minimum Gasteiger partial charge on any atom is -0.393 e. The monoisotopic (exact) mass is 242 g/mol. The number of benzene rings is 1. The molecule has 2 aromatic rings. The first-order valence-corrected chi connectivity index (χ1v) is 6.40. The molecule has 0 amide bonds. The van der Waals surface area contributed by atoms with Crippen LogP contribution in [0.15, 0.2) is 28.8 Å². The summed E-state index contributed by atoms with van der Waals surface area (Å²) in [5, 5.41) is 13.4. The Morgan fingerprint density at radius 2 is 2.06 bits per heavy atom. The van der Waals surface area contributed by atoms with Gasteiger partial charge in [-0.1, -0.05) is 29.4 Å². The van der Waals surface area contributed by atoms with E-state index >= 15 is 0 Å². The highest BCUT2D eigenvalue weighted by Gasteiger charge is 2.35. The Bertz CT molecular complexity index is 587. The molecule has 0 saturated heterocycles. The Labute approximate surface area is 105 Å². The summed E-state index contributed by atoms with van der Waals surface area (Å²) < 4.78 is 5.32. The van der Waals surface area contributed by atoms with Crippen LogP contribution in [0.25, 0.3) is 0 Å². The summed E-state index contributed by atoms with van der Waals surface area (Å²) in [6, 6.07) is 8.39. The lowest BCUT2D eigenvalue weighted by Gasteiger charge is -2.28. The number of hydrogen-bond acceptors (Lipinski definition) is 4. The number of nitrogens with zero attached hydrogens (tertiary/aromatic N) is 2. The van der Waals surface area contributed by atoms with Gasteiger partial charge in [0.2, 0.25) is 5.89 Å². The molecule has 1 saturated carbocycles. The van der Waals surface area contributed by atoms with E-state index in [1.54, 1.807) is 0 Å². The molecular formula is C14H14N2O2. The third-order valence-electron chi connectivity index (χ3n) is 4.09. The van der Waals surface area contributed by atoms with E-state index in [2.05, 4.69) is 28.3 Å². The lowest BCUT2D eigenvalue weighted by atomic mass is 9.77. The molecular weight excluding hydrogens is 228 g/mol. The maximum absolute atomic E-state index is 9.29. The molecule has 1 aromatic heterocycles. The van der Waals surface area contributed by atoms with Crippen molar-refractivity contribution in [3.63, 3.8) is 0 Å². The van der Waals surface area contributed by atoms with Gasteiger partial charge in [0.25, 0.3) is 0 Å². The Balaban J connectivity index is 1.57. The van der Waals surface area contributed by atoms with Crippen molar-refractivity contribution in [3.8, 4) is 0 Å². The first kappa shape index (κ1) is 10.3. The highest BCUT2D eigenvalue weighted by molar-refractivity contribution is 5.43. The fourth-order valence-corrected chi connectivity index (χ4v) is 2.83. The fourth-order valence-electron chi connectivity index (χ4n) is 2.83. The molecule has 1 N–H and O–H groups in total. The van der Waals surface area contributed by atoms with Crippen LogP contribution in [0.5, 0.6) is 0 Å². The van der Waals surface area contributed by atoms with Crippen LogP contribution in [0.4, 0.5) is 0 Å². The highest BCUT2D eigenvalue weighted by atomic mass is 16.5. The second-order valence-corrected chi connectivity index (χ2v) is 5.27. The third kappa shape index (κ3) is 1.42. The van der Waals surface area contributed by atoms with Crippen molar-refractivity contribution >= 4 is 0 Å². The Kier molecular flexibility index (Phi) is 2.08. The molecule has 1 unspecified atom stereocenters. The number of rotatable bonds is 2.